The Bertz CT molecular complexity index is 1280. The minimum absolute atomic E-state index is 0.0934. The zero-order valence-electron chi connectivity index (χ0n) is 15.4. The van der Waals surface area contributed by atoms with E-state index in [1.165, 1.54) is 4.68 Å². The summed E-state index contributed by atoms with van der Waals surface area (Å²) < 4.78 is 1.28. The topological polar surface area (TPSA) is 104 Å². The zero-order valence-corrected chi connectivity index (χ0v) is 15.4. The van der Waals surface area contributed by atoms with E-state index in [0.29, 0.717) is 16.3 Å². The van der Waals surface area contributed by atoms with Crippen LogP contribution in [0, 0.1) is 11.3 Å². The maximum atomic E-state index is 13.3. The Balaban J connectivity index is 1.91. The molecule has 0 aliphatic rings. The van der Waals surface area contributed by atoms with E-state index in [1.54, 1.807) is 30.3 Å². The molecule has 138 valence electrons. The molecule has 0 saturated carbocycles. The predicted molar refractivity (Wildman–Crippen MR) is 105 cm³/mol. The summed E-state index contributed by atoms with van der Waals surface area (Å²) in [6.45, 7) is 3.64. The van der Waals surface area contributed by atoms with Crippen LogP contribution in [0.3, 0.4) is 0 Å². The molecular weight excluding hydrogens is 354 g/mol. The first-order valence-electron chi connectivity index (χ1n) is 8.91. The van der Waals surface area contributed by atoms with Crippen molar-refractivity contribution in [2.45, 2.75) is 25.8 Å². The normalized spacial score (nSPS) is 12.4. The predicted octanol–water partition coefficient (Wildman–Crippen LogP) is 3.34. The molecule has 1 atom stereocenters. The van der Waals surface area contributed by atoms with E-state index in [2.05, 4.69) is 15.1 Å². The summed E-state index contributed by atoms with van der Waals surface area (Å²) in [5, 5.41) is 14.9. The number of nitriles is 1. The van der Waals surface area contributed by atoms with Crippen LogP contribution in [0.2, 0.25) is 0 Å². The smallest absolute Gasteiger partial charge is 0.274 e. The van der Waals surface area contributed by atoms with Gasteiger partial charge < -0.3 is 4.98 Å². The average Bonchev–Trinajstić information content (AvgIpc) is 3.12. The van der Waals surface area contributed by atoms with Crippen LogP contribution in [0.15, 0.2) is 53.3 Å². The SMILES string of the molecule is CC(C)n1nc(C(=O)C(C#N)c2nc3ccccc3[nH]2)c2ccccc2c1=O. The number of fused-ring (bicyclic) bond motifs is 2. The molecule has 1 unspecified atom stereocenters. The lowest BCUT2D eigenvalue weighted by Gasteiger charge is -2.14. The van der Waals surface area contributed by atoms with Crippen LogP contribution in [0.5, 0.6) is 0 Å². The van der Waals surface area contributed by atoms with Gasteiger partial charge in [-0.05, 0) is 32.0 Å². The monoisotopic (exact) mass is 371 g/mol. The Morgan fingerprint density at radius 3 is 2.46 bits per heavy atom. The van der Waals surface area contributed by atoms with Crippen molar-refractivity contribution in [3.8, 4) is 6.07 Å². The molecule has 2 aromatic heterocycles. The van der Waals surface area contributed by atoms with Crippen LogP contribution < -0.4 is 5.56 Å². The van der Waals surface area contributed by atoms with Gasteiger partial charge in [0.25, 0.3) is 5.56 Å². The van der Waals surface area contributed by atoms with Crippen LogP contribution in [-0.2, 0) is 0 Å². The van der Waals surface area contributed by atoms with Crippen molar-refractivity contribution in [2.24, 2.45) is 0 Å². The molecule has 4 aromatic rings. The van der Waals surface area contributed by atoms with Crippen LogP contribution in [0.4, 0.5) is 0 Å². The van der Waals surface area contributed by atoms with Crippen molar-refractivity contribution >= 4 is 27.6 Å². The molecule has 0 aliphatic carbocycles. The van der Waals surface area contributed by atoms with Gasteiger partial charge in [0, 0.05) is 5.39 Å². The molecule has 0 radical (unpaired) electrons. The third-order valence-electron chi connectivity index (χ3n) is 4.62. The van der Waals surface area contributed by atoms with E-state index < -0.39 is 11.7 Å². The van der Waals surface area contributed by atoms with Gasteiger partial charge in [0.15, 0.2) is 5.92 Å². The summed E-state index contributed by atoms with van der Waals surface area (Å²) in [4.78, 5) is 33.4. The van der Waals surface area contributed by atoms with Gasteiger partial charge in [0.05, 0.1) is 28.5 Å². The number of nitrogens with zero attached hydrogens (tertiary/aromatic N) is 4. The molecule has 7 nitrogen and oxygen atoms in total. The molecule has 28 heavy (non-hydrogen) atoms. The minimum atomic E-state index is -1.15. The fraction of sp³-hybridized carbons (Fsp3) is 0.190. The molecule has 0 saturated heterocycles. The summed E-state index contributed by atoms with van der Waals surface area (Å²) in [6.07, 6.45) is 0. The number of carbonyl (C=O) groups is 1. The van der Waals surface area contributed by atoms with E-state index in [-0.39, 0.29) is 23.1 Å². The Hall–Kier alpha value is -3.79. The van der Waals surface area contributed by atoms with Crippen molar-refractivity contribution in [3.63, 3.8) is 0 Å². The number of Topliss-reactive ketones (excluding diaryl/α,β-unsaturated/α-hetero) is 1. The molecule has 0 fully saturated rings. The highest BCUT2D eigenvalue weighted by Crippen LogP contribution is 2.24. The summed E-state index contributed by atoms with van der Waals surface area (Å²) >= 11 is 0. The molecule has 0 spiro atoms. The maximum Gasteiger partial charge on any atom is 0.274 e. The number of rotatable bonds is 4. The highest BCUT2D eigenvalue weighted by Gasteiger charge is 2.29. The van der Waals surface area contributed by atoms with Gasteiger partial charge in [-0.25, -0.2) is 9.67 Å². The summed E-state index contributed by atoms with van der Waals surface area (Å²) in [5.41, 5.74) is 1.25. The number of para-hydroxylation sites is 2. The number of benzene rings is 2. The molecule has 0 bridgehead atoms. The Kier molecular flexibility index (Phi) is 4.24. The third kappa shape index (κ3) is 2.76. The van der Waals surface area contributed by atoms with Crippen LogP contribution in [0.25, 0.3) is 21.8 Å². The van der Waals surface area contributed by atoms with Crippen LogP contribution in [-0.4, -0.2) is 25.5 Å². The van der Waals surface area contributed by atoms with E-state index in [4.69, 9.17) is 0 Å². The van der Waals surface area contributed by atoms with Gasteiger partial charge in [-0.3, -0.25) is 9.59 Å². The number of imidazole rings is 1. The molecule has 4 rings (SSSR count). The van der Waals surface area contributed by atoms with Crippen molar-refractivity contribution in [3.05, 3.63) is 70.4 Å². The number of H-pyrrole nitrogens is 1. The first-order valence-corrected chi connectivity index (χ1v) is 8.91. The Morgan fingerprint density at radius 2 is 1.79 bits per heavy atom. The van der Waals surface area contributed by atoms with E-state index >= 15 is 0 Å². The largest absolute Gasteiger partial charge is 0.340 e. The molecule has 0 amide bonds. The molecule has 2 heterocycles. The highest BCUT2D eigenvalue weighted by molar-refractivity contribution is 6.10. The van der Waals surface area contributed by atoms with Crippen molar-refractivity contribution in [2.75, 3.05) is 0 Å². The number of carbonyl (C=O) groups excluding carboxylic acids is 1. The van der Waals surface area contributed by atoms with Crippen LogP contribution in [0.1, 0.15) is 42.1 Å². The molecule has 0 aliphatic heterocycles. The van der Waals surface area contributed by atoms with E-state index in [1.807, 2.05) is 38.1 Å². The van der Waals surface area contributed by atoms with Gasteiger partial charge in [-0.1, -0.05) is 30.3 Å². The van der Waals surface area contributed by atoms with E-state index in [9.17, 15) is 14.9 Å². The third-order valence-corrected chi connectivity index (χ3v) is 4.62. The quantitative estimate of drug-likeness (QED) is 0.554. The lowest BCUT2D eigenvalue weighted by atomic mass is 9.98. The summed E-state index contributed by atoms with van der Waals surface area (Å²) in [5.74, 6) is -1.38. The second-order valence-corrected chi connectivity index (χ2v) is 6.80. The fourth-order valence-corrected chi connectivity index (χ4v) is 3.23. The highest BCUT2D eigenvalue weighted by atomic mass is 16.1. The number of nitrogens with one attached hydrogen (secondary N) is 1. The molecule has 2 aromatic carbocycles. The maximum absolute atomic E-state index is 13.3. The average molecular weight is 371 g/mol. The lowest BCUT2D eigenvalue weighted by molar-refractivity contribution is 0.0971. The number of hydrogen-bond acceptors (Lipinski definition) is 5. The minimum Gasteiger partial charge on any atom is -0.340 e. The van der Waals surface area contributed by atoms with Crippen LogP contribution >= 0.6 is 0 Å². The fourth-order valence-electron chi connectivity index (χ4n) is 3.23. The Labute approximate surface area is 160 Å². The van der Waals surface area contributed by atoms with Gasteiger partial charge in [0.2, 0.25) is 5.78 Å². The summed E-state index contributed by atoms with van der Waals surface area (Å²) in [6, 6.07) is 15.9. The first-order chi connectivity index (χ1) is 13.5. The standard InChI is InChI=1S/C21H17N5O2/c1-12(2)26-21(28)14-8-4-3-7-13(14)18(25-26)19(27)15(11-22)20-23-16-9-5-6-10-17(16)24-20/h3-10,12,15H,1-2H3,(H,23,24). The number of aromatic nitrogens is 4. The molecule has 1 N–H and O–H groups in total. The lowest BCUT2D eigenvalue weighted by Crippen LogP contribution is -2.28. The van der Waals surface area contributed by atoms with Gasteiger partial charge >= 0.3 is 0 Å². The summed E-state index contributed by atoms with van der Waals surface area (Å²) in [7, 11) is 0. The van der Waals surface area contributed by atoms with Crippen molar-refractivity contribution < 1.29 is 4.79 Å². The van der Waals surface area contributed by atoms with Gasteiger partial charge in [-0.2, -0.15) is 10.4 Å². The number of aromatic amines is 1. The second kappa shape index (κ2) is 6.74. The Morgan fingerprint density at radius 1 is 1.11 bits per heavy atom. The van der Waals surface area contributed by atoms with Gasteiger partial charge in [-0.15, -0.1) is 0 Å². The van der Waals surface area contributed by atoms with Crippen molar-refractivity contribution in [1.82, 2.24) is 19.7 Å². The second-order valence-electron chi connectivity index (χ2n) is 6.80. The van der Waals surface area contributed by atoms with Crippen molar-refractivity contribution in [1.29, 1.82) is 5.26 Å². The molecule has 7 heteroatoms. The van der Waals surface area contributed by atoms with E-state index in [0.717, 1.165) is 5.52 Å². The number of ketones is 1. The molecular formula is C21H17N5O2. The zero-order chi connectivity index (χ0) is 19.8. The first kappa shape index (κ1) is 17.6. The number of hydrogen-bond donors (Lipinski definition) is 1. The van der Waals surface area contributed by atoms with Gasteiger partial charge in [0.1, 0.15) is 11.5 Å².